The van der Waals surface area contributed by atoms with Crippen molar-refractivity contribution in [1.82, 2.24) is 4.57 Å². The summed E-state index contributed by atoms with van der Waals surface area (Å²) in [6, 6.07) is 7.73. The number of carbonyl (C=O) groups is 1. The van der Waals surface area contributed by atoms with Gasteiger partial charge in [0.05, 0.1) is 13.2 Å². The molecule has 18 heavy (non-hydrogen) atoms. The van der Waals surface area contributed by atoms with Crippen molar-refractivity contribution in [2.45, 2.75) is 26.5 Å². The number of hydrogen-bond acceptors (Lipinski definition) is 3. The Labute approximate surface area is 106 Å². The lowest BCUT2D eigenvalue weighted by molar-refractivity contribution is -0.148. The van der Waals surface area contributed by atoms with Crippen molar-refractivity contribution in [3.63, 3.8) is 0 Å². The summed E-state index contributed by atoms with van der Waals surface area (Å²) in [6.07, 6.45) is 1.80. The summed E-state index contributed by atoms with van der Waals surface area (Å²) >= 11 is 0. The molecule has 0 spiro atoms. The van der Waals surface area contributed by atoms with Crippen LogP contribution >= 0.6 is 0 Å². The SMILES string of the molecule is COc1ccc2c(ccn2CC(=O)OC(C)C)c1. The summed E-state index contributed by atoms with van der Waals surface area (Å²) in [5.41, 5.74) is 0.997. The van der Waals surface area contributed by atoms with E-state index in [0.717, 1.165) is 16.7 Å². The molecule has 96 valence electrons. The fourth-order valence-corrected chi connectivity index (χ4v) is 1.88. The van der Waals surface area contributed by atoms with Crippen LogP contribution in [0.15, 0.2) is 30.5 Å². The minimum absolute atomic E-state index is 0.0839. The van der Waals surface area contributed by atoms with Gasteiger partial charge in [-0.1, -0.05) is 0 Å². The molecule has 0 bridgehead atoms. The number of fused-ring (bicyclic) bond motifs is 1. The Morgan fingerprint density at radius 2 is 2.11 bits per heavy atom. The fraction of sp³-hybridized carbons (Fsp3) is 0.357. The molecule has 0 saturated carbocycles. The van der Waals surface area contributed by atoms with Gasteiger partial charge in [-0.05, 0) is 38.1 Å². The van der Waals surface area contributed by atoms with Gasteiger partial charge in [0.15, 0.2) is 0 Å². The standard InChI is InChI=1S/C14H17NO3/c1-10(2)18-14(16)9-15-7-6-11-8-12(17-3)4-5-13(11)15/h4-8,10H,9H2,1-3H3. The molecule has 0 aliphatic rings. The summed E-state index contributed by atoms with van der Waals surface area (Å²) < 4.78 is 12.2. The number of nitrogens with zero attached hydrogens (tertiary/aromatic N) is 1. The van der Waals surface area contributed by atoms with Crippen LogP contribution in [-0.4, -0.2) is 23.8 Å². The Bertz CT molecular complexity index is 557. The monoisotopic (exact) mass is 247 g/mol. The maximum Gasteiger partial charge on any atom is 0.326 e. The minimum atomic E-state index is -0.224. The molecule has 0 aliphatic carbocycles. The van der Waals surface area contributed by atoms with Gasteiger partial charge in [0.1, 0.15) is 12.3 Å². The Hall–Kier alpha value is -1.97. The molecule has 1 heterocycles. The van der Waals surface area contributed by atoms with E-state index in [2.05, 4.69) is 0 Å². The van der Waals surface area contributed by atoms with Crippen LogP contribution in [0.4, 0.5) is 0 Å². The second kappa shape index (κ2) is 5.12. The van der Waals surface area contributed by atoms with E-state index in [1.54, 1.807) is 7.11 Å². The normalized spacial score (nSPS) is 10.9. The zero-order chi connectivity index (χ0) is 13.1. The zero-order valence-corrected chi connectivity index (χ0v) is 10.8. The third-order valence-electron chi connectivity index (χ3n) is 2.64. The molecule has 0 N–H and O–H groups in total. The van der Waals surface area contributed by atoms with E-state index in [9.17, 15) is 4.79 Å². The van der Waals surface area contributed by atoms with Crippen LogP contribution in [0.3, 0.4) is 0 Å². The Balaban J connectivity index is 2.22. The lowest BCUT2D eigenvalue weighted by atomic mass is 10.2. The fourth-order valence-electron chi connectivity index (χ4n) is 1.88. The average Bonchev–Trinajstić information content (AvgIpc) is 2.70. The van der Waals surface area contributed by atoms with E-state index < -0.39 is 0 Å². The third kappa shape index (κ3) is 2.64. The highest BCUT2D eigenvalue weighted by molar-refractivity contribution is 5.83. The molecule has 4 nitrogen and oxygen atoms in total. The van der Waals surface area contributed by atoms with Crippen LogP contribution in [0.1, 0.15) is 13.8 Å². The molecular weight excluding hydrogens is 230 g/mol. The van der Waals surface area contributed by atoms with Gasteiger partial charge in [-0.2, -0.15) is 0 Å². The number of aromatic nitrogens is 1. The zero-order valence-electron chi connectivity index (χ0n) is 10.8. The van der Waals surface area contributed by atoms with Gasteiger partial charge in [0.2, 0.25) is 0 Å². The van der Waals surface area contributed by atoms with Gasteiger partial charge >= 0.3 is 5.97 Å². The molecule has 0 amide bonds. The highest BCUT2D eigenvalue weighted by atomic mass is 16.5. The van der Waals surface area contributed by atoms with Crippen LogP contribution < -0.4 is 4.74 Å². The Morgan fingerprint density at radius 3 is 2.78 bits per heavy atom. The molecule has 1 aromatic heterocycles. The van der Waals surface area contributed by atoms with Crippen molar-refractivity contribution in [1.29, 1.82) is 0 Å². The molecular formula is C14H17NO3. The van der Waals surface area contributed by atoms with E-state index in [4.69, 9.17) is 9.47 Å². The first kappa shape index (κ1) is 12.5. The first-order chi connectivity index (χ1) is 8.60. The second-order valence-electron chi connectivity index (χ2n) is 4.41. The number of methoxy groups -OCH3 is 1. The van der Waals surface area contributed by atoms with Crippen LogP contribution in [0, 0.1) is 0 Å². The van der Waals surface area contributed by atoms with Gasteiger partial charge in [-0.15, -0.1) is 0 Å². The van der Waals surface area contributed by atoms with Gasteiger partial charge < -0.3 is 14.0 Å². The van der Waals surface area contributed by atoms with Gasteiger partial charge in [-0.25, -0.2) is 0 Å². The molecule has 1 aromatic carbocycles. The highest BCUT2D eigenvalue weighted by Gasteiger charge is 2.09. The van der Waals surface area contributed by atoms with Crippen LogP contribution in [0.5, 0.6) is 5.75 Å². The number of esters is 1. The maximum absolute atomic E-state index is 11.6. The van der Waals surface area contributed by atoms with Gasteiger partial charge in [0.25, 0.3) is 0 Å². The van der Waals surface area contributed by atoms with E-state index in [0.29, 0.717) is 0 Å². The summed E-state index contributed by atoms with van der Waals surface area (Å²) in [5, 5.41) is 1.05. The van der Waals surface area contributed by atoms with Crippen molar-refractivity contribution < 1.29 is 14.3 Å². The lowest BCUT2D eigenvalue weighted by Crippen LogP contribution is -2.16. The summed E-state index contributed by atoms with van der Waals surface area (Å²) in [5.74, 6) is 0.586. The van der Waals surface area contributed by atoms with Crippen molar-refractivity contribution in [3.8, 4) is 5.75 Å². The molecule has 0 unspecified atom stereocenters. The smallest absolute Gasteiger partial charge is 0.326 e. The predicted octanol–water partition coefficient (Wildman–Crippen LogP) is 2.60. The summed E-state index contributed by atoms with van der Waals surface area (Å²) in [6.45, 7) is 3.92. The maximum atomic E-state index is 11.6. The number of benzene rings is 1. The van der Waals surface area contributed by atoms with Gasteiger partial charge in [0, 0.05) is 17.1 Å². The van der Waals surface area contributed by atoms with Crippen molar-refractivity contribution in [3.05, 3.63) is 30.5 Å². The molecule has 0 atom stereocenters. The predicted molar refractivity (Wildman–Crippen MR) is 69.7 cm³/mol. The first-order valence-electron chi connectivity index (χ1n) is 5.92. The van der Waals surface area contributed by atoms with E-state index in [1.807, 2.05) is 48.9 Å². The van der Waals surface area contributed by atoms with Crippen molar-refractivity contribution in [2.75, 3.05) is 7.11 Å². The molecule has 2 aromatic rings. The van der Waals surface area contributed by atoms with Crippen molar-refractivity contribution in [2.24, 2.45) is 0 Å². The van der Waals surface area contributed by atoms with Crippen LogP contribution in [0.25, 0.3) is 10.9 Å². The number of ether oxygens (including phenoxy) is 2. The molecule has 0 saturated heterocycles. The molecule has 0 radical (unpaired) electrons. The molecule has 0 aliphatic heterocycles. The number of hydrogen-bond donors (Lipinski definition) is 0. The average molecular weight is 247 g/mol. The lowest BCUT2D eigenvalue weighted by Gasteiger charge is -2.09. The topological polar surface area (TPSA) is 40.5 Å². The number of rotatable bonds is 4. The largest absolute Gasteiger partial charge is 0.497 e. The third-order valence-corrected chi connectivity index (χ3v) is 2.64. The second-order valence-corrected chi connectivity index (χ2v) is 4.41. The Morgan fingerprint density at radius 1 is 1.33 bits per heavy atom. The molecule has 0 fully saturated rings. The van der Waals surface area contributed by atoms with Crippen LogP contribution in [0.2, 0.25) is 0 Å². The first-order valence-corrected chi connectivity index (χ1v) is 5.92. The van der Waals surface area contributed by atoms with E-state index in [-0.39, 0.29) is 18.6 Å². The Kier molecular flexibility index (Phi) is 3.55. The minimum Gasteiger partial charge on any atom is -0.497 e. The highest BCUT2D eigenvalue weighted by Crippen LogP contribution is 2.21. The van der Waals surface area contributed by atoms with E-state index in [1.165, 1.54) is 0 Å². The quantitative estimate of drug-likeness (QED) is 0.780. The van der Waals surface area contributed by atoms with Crippen LogP contribution in [-0.2, 0) is 16.1 Å². The van der Waals surface area contributed by atoms with Gasteiger partial charge in [-0.3, -0.25) is 4.79 Å². The summed E-state index contributed by atoms with van der Waals surface area (Å²) in [7, 11) is 1.64. The van der Waals surface area contributed by atoms with E-state index >= 15 is 0 Å². The molecule has 2 rings (SSSR count). The number of carbonyl (C=O) groups excluding carboxylic acids is 1. The molecule has 4 heteroatoms. The summed E-state index contributed by atoms with van der Waals surface area (Å²) in [4.78, 5) is 11.6. The van der Waals surface area contributed by atoms with Crippen molar-refractivity contribution >= 4 is 16.9 Å².